The standard InChI is InChI=1S/C15H21N3O/c19-15(17-10-11-3-5-16-6-4-11)9-12-7-13-1-2-14(8-12)18-13/h3-6,12-14,18H,1-2,7-10H2,(H,17,19). The largest absolute Gasteiger partial charge is 0.352 e. The van der Waals surface area contributed by atoms with Crippen LogP contribution in [0.25, 0.3) is 0 Å². The Morgan fingerprint density at radius 3 is 2.63 bits per heavy atom. The molecule has 0 radical (unpaired) electrons. The van der Waals surface area contributed by atoms with Crippen molar-refractivity contribution >= 4 is 5.91 Å². The zero-order valence-electron chi connectivity index (χ0n) is 11.1. The van der Waals surface area contributed by atoms with Gasteiger partial charge in [-0.05, 0) is 49.3 Å². The van der Waals surface area contributed by atoms with Crippen LogP contribution < -0.4 is 10.6 Å². The molecule has 1 amide bonds. The molecule has 0 saturated carbocycles. The van der Waals surface area contributed by atoms with E-state index in [-0.39, 0.29) is 5.91 Å². The lowest BCUT2D eigenvalue weighted by atomic mass is 9.89. The molecule has 2 N–H and O–H groups in total. The van der Waals surface area contributed by atoms with Crippen LogP contribution in [-0.4, -0.2) is 23.0 Å². The Hall–Kier alpha value is -1.42. The number of aromatic nitrogens is 1. The van der Waals surface area contributed by atoms with Crippen molar-refractivity contribution in [3.63, 3.8) is 0 Å². The summed E-state index contributed by atoms with van der Waals surface area (Å²) in [7, 11) is 0. The Morgan fingerprint density at radius 2 is 1.95 bits per heavy atom. The van der Waals surface area contributed by atoms with Crippen LogP contribution in [0.2, 0.25) is 0 Å². The van der Waals surface area contributed by atoms with Gasteiger partial charge < -0.3 is 10.6 Å². The maximum absolute atomic E-state index is 12.0. The number of pyridine rings is 1. The van der Waals surface area contributed by atoms with Crippen molar-refractivity contribution in [1.82, 2.24) is 15.6 Å². The van der Waals surface area contributed by atoms with E-state index >= 15 is 0 Å². The molecule has 2 saturated heterocycles. The van der Waals surface area contributed by atoms with Gasteiger partial charge in [0.25, 0.3) is 0 Å². The van der Waals surface area contributed by atoms with Crippen LogP contribution in [0, 0.1) is 5.92 Å². The van der Waals surface area contributed by atoms with E-state index in [1.165, 1.54) is 25.7 Å². The van der Waals surface area contributed by atoms with E-state index in [2.05, 4.69) is 15.6 Å². The molecule has 19 heavy (non-hydrogen) atoms. The van der Waals surface area contributed by atoms with Gasteiger partial charge in [-0.2, -0.15) is 0 Å². The van der Waals surface area contributed by atoms with Gasteiger partial charge in [0.1, 0.15) is 0 Å². The van der Waals surface area contributed by atoms with Gasteiger partial charge in [-0.3, -0.25) is 9.78 Å². The number of nitrogens with one attached hydrogen (secondary N) is 2. The van der Waals surface area contributed by atoms with E-state index in [4.69, 9.17) is 0 Å². The lowest BCUT2D eigenvalue weighted by Gasteiger charge is -2.28. The second kappa shape index (κ2) is 5.70. The van der Waals surface area contributed by atoms with Crippen LogP contribution in [0.3, 0.4) is 0 Å². The van der Waals surface area contributed by atoms with Crippen LogP contribution in [0.15, 0.2) is 24.5 Å². The number of carbonyl (C=O) groups is 1. The molecule has 1 aromatic rings. The predicted octanol–water partition coefficient (Wildman–Crippen LogP) is 1.62. The van der Waals surface area contributed by atoms with E-state index in [0.29, 0.717) is 31.0 Å². The molecular weight excluding hydrogens is 238 g/mol. The fourth-order valence-electron chi connectivity index (χ4n) is 3.38. The summed E-state index contributed by atoms with van der Waals surface area (Å²) < 4.78 is 0. The van der Waals surface area contributed by atoms with Crippen LogP contribution in [0.5, 0.6) is 0 Å². The monoisotopic (exact) mass is 259 g/mol. The summed E-state index contributed by atoms with van der Waals surface area (Å²) in [4.78, 5) is 15.9. The Labute approximate surface area is 114 Å². The first kappa shape index (κ1) is 12.6. The minimum atomic E-state index is 0.183. The average Bonchev–Trinajstić information content (AvgIpc) is 2.77. The Morgan fingerprint density at radius 1 is 1.26 bits per heavy atom. The summed E-state index contributed by atoms with van der Waals surface area (Å²) in [5.41, 5.74) is 1.11. The number of rotatable bonds is 4. The van der Waals surface area contributed by atoms with Gasteiger partial charge in [0.2, 0.25) is 5.91 Å². The first-order chi connectivity index (χ1) is 9.29. The highest BCUT2D eigenvalue weighted by atomic mass is 16.1. The van der Waals surface area contributed by atoms with Gasteiger partial charge in [0, 0.05) is 37.4 Å². The van der Waals surface area contributed by atoms with Crippen LogP contribution in [-0.2, 0) is 11.3 Å². The van der Waals surface area contributed by atoms with Gasteiger partial charge in [-0.1, -0.05) is 0 Å². The first-order valence-electron chi connectivity index (χ1n) is 7.21. The van der Waals surface area contributed by atoms with Crippen molar-refractivity contribution < 1.29 is 4.79 Å². The maximum Gasteiger partial charge on any atom is 0.220 e. The van der Waals surface area contributed by atoms with E-state index in [9.17, 15) is 4.79 Å². The number of fused-ring (bicyclic) bond motifs is 2. The molecule has 0 aromatic carbocycles. The normalized spacial score (nSPS) is 29.2. The van der Waals surface area contributed by atoms with Crippen molar-refractivity contribution in [2.45, 2.75) is 50.7 Å². The maximum atomic E-state index is 12.0. The summed E-state index contributed by atoms with van der Waals surface area (Å²) in [5, 5.41) is 6.62. The lowest BCUT2D eigenvalue weighted by Crippen LogP contribution is -2.39. The van der Waals surface area contributed by atoms with Gasteiger partial charge in [0.15, 0.2) is 0 Å². The molecule has 2 unspecified atom stereocenters. The molecule has 4 nitrogen and oxygen atoms in total. The Kier molecular flexibility index (Phi) is 3.78. The molecule has 3 rings (SSSR count). The molecular formula is C15H21N3O. The summed E-state index contributed by atoms with van der Waals surface area (Å²) in [6.45, 7) is 0.610. The number of hydrogen-bond acceptors (Lipinski definition) is 3. The van der Waals surface area contributed by atoms with Crippen molar-refractivity contribution in [2.24, 2.45) is 5.92 Å². The minimum absolute atomic E-state index is 0.183. The van der Waals surface area contributed by atoms with Gasteiger partial charge in [-0.15, -0.1) is 0 Å². The van der Waals surface area contributed by atoms with Crippen LogP contribution >= 0.6 is 0 Å². The first-order valence-corrected chi connectivity index (χ1v) is 7.21. The minimum Gasteiger partial charge on any atom is -0.352 e. The second-order valence-corrected chi connectivity index (χ2v) is 5.81. The molecule has 0 aliphatic carbocycles. The summed E-state index contributed by atoms with van der Waals surface area (Å²) in [6.07, 6.45) is 9.11. The number of piperidine rings is 1. The molecule has 2 fully saturated rings. The summed E-state index contributed by atoms with van der Waals surface area (Å²) >= 11 is 0. The highest BCUT2D eigenvalue weighted by Crippen LogP contribution is 2.32. The van der Waals surface area contributed by atoms with Crippen molar-refractivity contribution in [1.29, 1.82) is 0 Å². The van der Waals surface area contributed by atoms with E-state index in [1.807, 2.05) is 12.1 Å². The molecule has 2 atom stereocenters. The third kappa shape index (κ3) is 3.32. The summed E-state index contributed by atoms with van der Waals surface area (Å²) in [5.74, 6) is 0.749. The van der Waals surface area contributed by atoms with Crippen LogP contribution in [0.1, 0.15) is 37.7 Å². The second-order valence-electron chi connectivity index (χ2n) is 5.81. The molecule has 2 bridgehead atoms. The van der Waals surface area contributed by atoms with E-state index in [1.54, 1.807) is 12.4 Å². The molecule has 2 aliphatic heterocycles. The smallest absolute Gasteiger partial charge is 0.220 e. The number of amides is 1. The SMILES string of the molecule is O=C(CC1CC2CCC(C1)N2)NCc1ccncc1. The molecule has 0 spiro atoms. The van der Waals surface area contributed by atoms with Gasteiger partial charge >= 0.3 is 0 Å². The molecule has 2 aliphatic rings. The quantitative estimate of drug-likeness (QED) is 0.864. The van der Waals surface area contributed by atoms with Crippen LogP contribution in [0.4, 0.5) is 0 Å². The summed E-state index contributed by atoms with van der Waals surface area (Å²) in [6, 6.07) is 5.20. The fourth-order valence-corrected chi connectivity index (χ4v) is 3.38. The zero-order valence-corrected chi connectivity index (χ0v) is 11.1. The Bertz CT molecular complexity index is 422. The predicted molar refractivity (Wildman–Crippen MR) is 73.4 cm³/mol. The number of hydrogen-bond donors (Lipinski definition) is 2. The highest BCUT2D eigenvalue weighted by molar-refractivity contribution is 5.76. The molecule has 1 aromatic heterocycles. The highest BCUT2D eigenvalue weighted by Gasteiger charge is 2.33. The van der Waals surface area contributed by atoms with E-state index < -0.39 is 0 Å². The molecule has 102 valence electrons. The van der Waals surface area contributed by atoms with Gasteiger partial charge in [-0.25, -0.2) is 0 Å². The van der Waals surface area contributed by atoms with Crippen molar-refractivity contribution in [3.05, 3.63) is 30.1 Å². The number of carbonyl (C=O) groups excluding carboxylic acids is 1. The zero-order chi connectivity index (χ0) is 13.1. The van der Waals surface area contributed by atoms with Crippen molar-refractivity contribution in [3.8, 4) is 0 Å². The average molecular weight is 259 g/mol. The fraction of sp³-hybridized carbons (Fsp3) is 0.600. The van der Waals surface area contributed by atoms with Crippen molar-refractivity contribution in [2.75, 3.05) is 0 Å². The Balaban J connectivity index is 1.44. The topological polar surface area (TPSA) is 54.0 Å². The van der Waals surface area contributed by atoms with Gasteiger partial charge in [0.05, 0.1) is 0 Å². The number of nitrogens with zero attached hydrogens (tertiary/aromatic N) is 1. The third-order valence-electron chi connectivity index (χ3n) is 4.28. The lowest BCUT2D eigenvalue weighted by molar-refractivity contribution is -0.122. The third-order valence-corrected chi connectivity index (χ3v) is 4.28. The van der Waals surface area contributed by atoms with E-state index in [0.717, 1.165) is 5.56 Å². The molecule has 4 heteroatoms. The molecule has 3 heterocycles.